The lowest BCUT2D eigenvalue weighted by Crippen LogP contribution is -1.97. The van der Waals surface area contributed by atoms with Gasteiger partial charge in [-0.2, -0.15) is 5.10 Å². The summed E-state index contributed by atoms with van der Waals surface area (Å²) in [6.45, 7) is 0. The number of anilines is 2. The molecule has 1 N–H and O–H groups in total. The highest BCUT2D eigenvalue weighted by molar-refractivity contribution is 6.10. The molecule has 0 unspecified atom stereocenters. The Balaban J connectivity index is 1.46. The van der Waals surface area contributed by atoms with Crippen LogP contribution in [-0.2, 0) is 7.05 Å². The highest BCUT2D eigenvalue weighted by Gasteiger charge is 2.13. The Morgan fingerprint density at radius 1 is 0.719 bits per heavy atom. The van der Waals surface area contributed by atoms with Crippen molar-refractivity contribution in [1.29, 1.82) is 0 Å². The van der Waals surface area contributed by atoms with Crippen LogP contribution < -0.4 is 5.32 Å². The molecule has 0 saturated carbocycles. The molecule has 32 heavy (non-hydrogen) atoms. The second kappa shape index (κ2) is 7.39. The molecule has 0 spiro atoms. The number of hydrogen-bond donors (Lipinski definition) is 1. The smallest absolute Gasteiger partial charge is 0.137 e. The lowest BCUT2D eigenvalue weighted by Gasteiger charge is -2.10. The van der Waals surface area contributed by atoms with E-state index < -0.39 is 0 Å². The van der Waals surface area contributed by atoms with Crippen molar-refractivity contribution >= 4 is 33.2 Å². The van der Waals surface area contributed by atoms with E-state index in [2.05, 4.69) is 86.7 Å². The molecule has 0 atom stereocenters. The average molecular weight is 416 g/mol. The van der Waals surface area contributed by atoms with Crippen LogP contribution in [0.1, 0.15) is 0 Å². The summed E-state index contributed by atoms with van der Waals surface area (Å²) in [6, 6.07) is 31.3. The van der Waals surface area contributed by atoms with Gasteiger partial charge in [0.2, 0.25) is 0 Å². The molecule has 0 amide bonds. The number of pyridine rings is 1. The van der Waals surface area contributed by atoms with Crippen LogP contribution in [0.3, 0.4) is 0 Å². The summed E-state index contributed by atoms with van der Waals surface area (Å²) in [4.78, 5) is 4.62. The van der Waals surface area contributed by atoms with Crippen molar-refractivity contribution in [2.45, 2.75) is 0 Å². The summed E-state index contributed by atoms with van der Waals surface area (Å²) in [5.41, 5.74) is 6.36. The number of fused-ring (bicyclic) bond motifs is 3. The zero-order valence-electron chi connectivity index (χ0n) is 17.6. The Hall–Kier alpha value is -4.38. The monoisotopic (exact) mass is 415 g/mol. The number of rotatable bonds is 4. The topological polar surface area (TPSA) is 47.7 Å². The van der Waals surface area contributed by atoms with Gasteiger partial charge in [0.1, 0.15) is 5.82 Å². The van der Waals surface area contributed by atoms with Crippen LogP contribution in [0.4, 0.5) is 11.4 Å². The number of nitrogens with one attached hydrogen (secondary N) is 1. The van der Waals surface area contributed by atoms with Gasteiger partial charge in [-0.15, -0.1) is 0 Å². The fourth-order valence-electron chi connectivity index (χ4n) is 4.27. The molecule has 0 bridgehead atoms. The Bertz CT molecular complexity index is 1560. The summed E-state index contributed by atoms with van der Waals surface area (Å²) in [5.74, 6) is 0.910. The van der Waals surface area contributed by atoms with Crippen molar-refractivity contribution in [3.8, 4) is 17.1 Å². The first-order valence-electron chi connectivity index (χ1n) is 10.6. The zero-order chi connectivity index (χ0) is 21.5. The number of nitrogens with zero attached hydrogens (tertiary/aromatic N) is 4. The van der Waals surface area contributed by atoms with Gasteiger partial charge >= 0.3 is 0 Å². The van der Waals surface area contributed by atoms with E-state index in [1.807, 2.05) is 48.4 Å². The minimum Gasteiger partial charge on any atom is -0.355 e. The average Bonchev–Trinajstić information content (AvgIpc) is 3.41. The summed E-state index contributed by atoms with van der Waals surface area (Å²) in [6.07, 6.45) is 3.79. The van der Waals surface area contributed by atoms with Gasteiger partial charge in [0, 0.05) is 47.2 Å². The molecule has 0 aliphatic carbocycles. The van der Waals surface area contributed by atoms with Gasteiger partial charge in [0.25, 0.3) is 0 Å². The van der Waals surface area contributed by atoms with Gasteiger partial charge in [-0.05, 0) is 48.5 Å². The SMILES string of the molecule is Cn1ccc(-c2cccc(Nc3ccc4c5ccccc5n(-c5ccccn5)c4c3)c2)n1. The van der Waals surface area contributed by atoms with Gasteiger partial charge < -0.3 is 5.32 Å². The third-order valence-corrected chi connectivity index (χ3v) is 5.71. The molecule has 5 heteroatoms. The van der Waals surface area contributed by atoms with E-state index in [-0.39, 0.29) is 0 Å². The van der Waals surface area contributed by atoms with E-state index in [4.69, 9.17) is 0 Å². The van der Waals surface area contributed by atoms with E-state index in [1.165, 1.54) is 10.8 Å². The standard InChI is InChI=1S/C27H21N5/c1-31-16-14-24(30-31)19-7-6-8-20(17-19)29-21-12-13-23-22-9-2-3-10-25(22)32(26(23)18-21)27-11-4-5-15-28-27/h2-18,29H,1H3. The maximum Gasteiger partial charge on any atom is 0.137 e. The predicted molar refractivity (Wildman–Crippen MR) is 131 cm³/mol. The molecule has 5 nitrogen and oxygen atoms in total. The van der Waals surface area contributed by atoms with Crippen molar-refractivity contribution in [2.24, 2.45) is 7.05 Å². The molecular formula is C27H21N5. The number of para-hydroxylation sites is 1. The molecule has 0 fully saturated rings. The first-order valence-corrected chi connectivity index (χ1v) is 10.6. The van der Waals surface area contributed by atoms with Crippen LogP contribution in [0.15, 0.2) is 103 Å². The summed E-state index contributed by atoms with van der Waals surface area (Å²) < 4.78 is 4.04. The molecule has 0 radical (unpaired) electrons. The number of benzene rings is 3. The van der Waals surface area contributed by atoms with Crippen LogP contribution in [0, 0.1) is 0 Å². The van der Waals surface area contributed by atoms with Crippen LogP contribution in [0.5, 0.6) is 0 Å². The molecule has 3 aromatic carbocycles. The van der Waals surface area contributed by atoms with Gasteiger partial charge in [0.05, 0.1) is 16.7 Å². The second-order valence-electron chi connectivity index (χ2n) is 7.85. The summed E-state index contributed by atoms with van der Waals surface area (Å²) >= 11 is 0. The lowest BCUT2D eigenvalue weighted by molar-refractivity contribution is 0.771. The summed E-state index contributed by atoms with van der Waals surface area (Å²) in [7, 11) is 1.93. The van der Waals surface area contributed by atoms with E-state index >= 15 is 0 Å². The Morgan fingerprint density at radius 2 is 1.56 bits per heavy atom. The second-order valence-corrected chi connectivity index (χ2v) is 7.85. The summed E-state index contributed by atoms with van der Waals surface area (Å²) in [5, 5.41) is 10.5. The maximum atomic E-state index is 4.62. The first-order chi connectivity index (χ1) is 15.8. The number of aryl methyl sites for hydroxylation is 1. The molecule has 6 aromatic rings. The largest absolute Gasteiger partial charge is 0.355 e. The fraction of sp³-hybridized carbons (Fsp3) is 0.0370. The van der Waals surface area contributed by atoms with Gasteiger partial charge in [-0.3, -0.25) is 9.25 Å². The third-order valence-electron chi connectivity index (χ3n) is 5.71. The van der Waals surface area contributed by atoms with Crippen LogP contribution in [0.25, 0.3) is 38.9 Å². The Morgan fingerprint density at radius 3 is 2.41 bits per heavy atom. The first kappa shape index (κ1) is 18.4. The van der Waals surface area contributed by atoms with E-state index in [1.54, 1.807) is 0 Å². The predicted octanol–water partition coefficient (Wildman–Crippen LogP) is 6.32. The molecule has 3 heterocycles. The minimum atomic E-state index is 0.910. The van der Waals surface area contributed by atoms with Crippen molar-refractivity contribution in [3.63, 3.8) is 0 Å². The van der Waals surface area contributed by atoms with Crippen molar-refractivity contribution in [3.05, 3.63) is 103 Å². The molecule has 0 aliphatic heterocycles. The van der Waals surface area contributed by atoms with E-state index in [0.717, 1.165) is 39.5 Å². The van der Waals surface area contributed by atoms with Crippen LogP contribution >= 0.6 is 0 Å². The van der Waals surface area contributed by atoms with Crippen LogP contribution in [-0.4, -0.2) is 19.3 Å². The highest BCUT2D eigenvalue weighted by atomic mass is 15.2. The quantitative estimate of drug-likeness (QED) is 0.366. The van der Waals surface area contributed by atoms with Crippen molar-refractivity contribution < 1.29 is 0 Å². The molecule has 3 aromatic heterocycles. The lowest BCUT2D eigenvalue weighted by atomic mass is 10.1. The third kappa shape index (κ3) is 3.11. The maximum absolute atomic E-state index is 4.62. The van der Waals surface area contributed by atoms with Gasteiger partial charge in [0.15, 0.2) is 0 Å². The van der Waals surface area contributed by atoms with E-state index in [0.29, 0.717) is 0 Å². The minimum absolute atomic E-state index is 0.910. The van der Waals surface area contributed by atoms with Crippen molar-refractivity contribution in [2.75, 3.05) is 5.32 Å². The number of hydrogen-bond acceptors (Lipinski definition) is 3. The zero-order valence-corrected chi connectivity index (χ0v) is 17.6. The van der Waals surface area contributed by atoms with Crippen LogP contribution in [0.2, 0.25) is 0 Å². The van der Waals surface area contributed by atoms with Gasteiger partial charge in [-0.25, -0.2) is 4.98 Å². The number of aromatic nitrogens is 4. The molecule has 0 aliphatic rings. The van der Waals surface area contributed by atoms with E-state index in [9.17, 15) is 0 Å². The molecule has 154 valence electrons. The normalized spacial score (nSPS) is 11.3. The Kier molecular flexibility index (Phi) is 4.25. The van der Waals surface area contributed by atoms with Crippen molar-refractivity contribution in [1.82, 2.24) is 19.3 Å². The fourth-order valence-corrected chi connectivity index (χ4v) is 4.27. The van der Waals surface area contributed by atoms with Gasteiger partial charge in [-0.1, -0.05) is 42.5 Å². The molecule has 0 saturated heterocycles. The highest BCUT2D eigenvalue weighted by Crippen LogP contribution is 2.34. The molecule has 6 rings (SSSR count). The molecular weight excluding hydrogens is 394 g/mol. The Labute approximate surface area is 185 Å².